The van der Waals surface area contributed by atoms with Gasteiger partial charge in [0.2, 0.25) is 0 Å². The average Bonchev–Trinajstić information content (AvgIpc) is 2.76. The summed E-state index contributed by atoms with van der Waals surface area (Å²) >= 11 is 3.43. The van der Waals surface area contributed by atoms with Crippen LogP contribution in [0.2, 0.25) is 0 Å². The van der Waals surface area contributed by atoms with Crippen LogP contribution in [0.25, 0.3) is 11.3 Å². The van der Waals surface area contributed by atoms with Crippen molar-refractivity contribution in [3.05, 3.63) is 22.2 Å². The Bertz CT molecular complexity index is 648. The van der Waals surface area contributed by atoms with E-state index in [0.29, 0.717) is 44.9 Å². The molecule has 0 saturated carbocycles. The second-order valence-electron chi connectivity index (χ2n) is 4.09. The van der Waals surface area contributed by atoms with Crippen LogP contribution in [0.15, 0.2) is 16.6 Å². The fourth-order valence-electron chi connectivity index (χ4n) is 1.96. The van der Waals surface area contributed by atoms with Gasteiger partial charge >= 0.3 is 0 Å². The molecule has 2 rings (SSSR count). The molecule has 0 aliphatic rings. The van der Waals surface area contributed by atoms with Crippen molar-refractivity contribution in [1.82, 2.24) is 9.78 Å². The van der Waals surface area contributed by atoms with Gasteiger partial charge in [-0.15, -0.1) is 0 Å². The molecule has 2 N–H and O–H groups in total. The highest BCUT2D eigenvalue weighted by atomic mass is 79.9. The van der Waals surface area contributed by atoms with Crippen molar-refractivity contribution in [1.29, 1.82) is 0 Å². The molecule has 0 aliphatic heterocycles. The maximum absolute atomic E-state index is 11.1. The molecule has 1 heterocycles. The number of nitrogens with zero attached hydrogens (tertiary/aromatic N) is 2. The number of carbonyl (C=O) groups excluding carboxylic acids is 1. The van der Waals surface area contributed by atoms with Gasteiger partial charge in [-0.05, 0) is 22.0 Å². The SMILES string of the molecule is COc1c(C=O)cc(Br)c(-c2cc(N)n(C)n2)c1OC. The van der Waals surface area contributed by atoms with Gasteiger partial charge < -0.3 is 15.2 Å². The van der Waals surface area contributed by atoms with Gasteiger partial charge in [-0.25, -0.2) is 0 Å². The number of nitrogen functional groups attached to an aromatic ring is 1. The normalized spacial score (nSPS) is 10.4. The Morgan fingerprint density at radius 2 is 1.95 bits per heavy atom. The van der Waals surface area contributed by atoms with E-state index in [1.54, 1.807) is 23.9 Å². The van der Waals surface area contributed by atoms with Crippen molar-refractivity contribution >= 4 is 28.0 Å². The van der Waals surface area contributed by atoms with Crippen LogP contribution >= 0.6 is 15.9 Å². The van der Waals surface area contributed by atoms with Crippen molar-refractivity contribution in [2.75, 3.05) is 20.0 Å². The number of anilines is 1. The zero-order chi connectivity index (χ0) is 14.9. The molecule has 2 aromatic rings. The minimum Gasteiger partial charge on any atom is -0.492 e. The Morgan fingerprint density at radius 3 is 2.40 bits per heavy atom. The second kappa shape index (κ2) is 5.54. The molecule has 0 radical (unpaired) electrons. The number of hydrogen-bond acceptors (Lipinski definition) is 5. The summed E-state index contributed by atoms with van der Waals surface area (Å²) in [4.78, 5) is 11.1. The van der Waals surface area contributed by atoms with Gasteiger partial charge in [0, 0.05) is 17.6 Å². The molecule has 0 fully saturated rings. The van der Waals surface area contributed by atoms with E-state index in [9.17, 15) is 4.79 Å². The largest absolute Gasteiger partial charge is 0.492 e. The molecular weight excluding hydrogens is 326 g/mol. The third-order valence-electron chi connectivity index (χ3n) is 2.92. The van der Waals surface area contributed by atoms with Crippen molar-refractivity contribution in [3.63, 3.8) is 0 Å². The highest BCUT2D eigenvalue weighted by Gasteiger charge is 2.22. The summed E-state index contributed by atoms with van der Waals surface area (Å²) < 4.78 is 12.9. The van der Waals surface area contributed by atoms with Crippen LogP contribution in [0, 0.1) is 0 Å². The van der Waals surface area contributed by atoms with Gasteiger partial charge in [-0.1, -0.05) is 0 Å². The molecule has 106 valence electrons. The number of aldehydes is 1. The van der Waals surface area contributed by atoms with E-state index in [1.807, 2.05) is 0 Å². The monoisotopic (exact) mass is 339 g/mol. The van der Waals surface area contributed by atoms with Crippen molar-refractivity contribution in [3.8, 4) is 22.8 Å². The van der Waals surface area contributed by atoms with Crippen LogP contribution in [0.1, 0.15) is 10.4 Å². The van der Waals surface area contributed by atoms with Crippen LogP contribution in [0.5, 0.6) is 11.5 Å². The molecular formula is C13H14BrN3O3. The van der Waals surface area contributed by atoms with E-state index in [1.165, 1.54) is 14.2 Å². The average molecular weight is 340 g/mol. The first kappa shape index (κ1) is 14.4. The summed E-state index contributed by atoms with van der Waals surface area (Å²) in [6, 6.07) is 3.39. The molecule has 1 aromatic carbocycles. The van der Waals surface area contributed by atoms with Gasteiger partial charge in [-0.3, -0.25) is 9.48 Å². The number of benzene rings is 1. The lowest BCUT2D eigenvalue weighted by Crippen LogP contribution is -2.00. The summed E-state index contributed by atoms with van der Waals surface area (Å²) in [5.74, 6) is 1.32. The lowest BCUT2D eigenvalue weighted by molar-refractivity contribution is 0.112. The van der Waals surface area contributed by atoms with Gasteiger partial charge in [0.05, 0.1) is 31.0 Å². The van der Waals surface area contributed by atoms with Crippen LogP contribution in [0.3, 0.4) is 0 Å². The Kier molecular flexibility index (Phi) is 3.99. The number of ether oxygens (including phenoxy) is 2. The van der Waals surface area contributed by atoms with Crippen molar-refractivity contribution < 1.29 is 14.3 Å². The number of methoxy groups -OCH3 is 2. The summed E-state index contributed by atoms with van der Waals surface area (Å²) in [5, 5.41) is 4.32. The molecule has 0 unspecified atom stereocenters. The molecule has 7 heteroatoms. The molecule has 6 nitrogen and oxygen atoms in total. The minimum atomic E-state index is 0.366. The molecule has 0 aliphatic carbocycles. The number of aryl methyl sites for hydroxylation is 1. The van der Waals surface area contributed by atoms with E-state index in [0.717, 1.165) is 0 Å². The van der Waals surface area contributed by atoms with E-state index < -0.39 is 0 Å². The lowest BCUT2D eigenvalue weighted by atomic mass is 10.1. The Morgan fingerprint density at radius 1 is 1.30 bits per heavy atom. The fourth-order valence-corrected chi connectivity index (χ4v) is 2.59. The summed E-state index contributed by atoms with van der Waals surface area (Å²) in [6.45, 7) is 0. The topological polar surface area (TPSA) is 79.4 Å². The van der Waals surface area contributed by atoms with Crippen molar-refractivity contribution in [2.24, 2.45) is 7.05 Å². The smallest absolute Gasteiger partial charge is 0.172 e. The fraction of sp³-hybridized carbons (Fsp3) is 0.231. The van der Waals surface area contributed by atoms with E-state index in [4.69, 9.17) is 15.2 Å². The number of aromatic nitrogens is 2. The highest BCUT2D eigenvalue weighted by Crippen LogP contribution is 2.44. The van der Waals surface area contributed by atoms with E-state index >= 15 is 0 Å². The van der Waals surface area contributed by atoms with Crippen LogP contribution in [-0.2, 0) is 7.05 Å². The third-order valence-corrected chi connectivity index (χ3v) is 3.55. The van der Waals surface area contributed by atoms with Gasteiger partial charge in [0.25, 0.3) is 0 Å². The number of halogens is 1. The zero-order valence-electron chi connectivity index (χ0n) is 11.3. The quantitative estimate of drug-likeness (QED) is 0.864. The van der Waals surface area contributed by atoms with Crippen LogP contribution < -0.4 is 15.2 Å². The first-order valence-corrected chi connectivity index (χ1v) is 6.52. The molecule has 20 heavy (non-hydrogen) atoms. The summed E-state index contributed by atoms with van der Waals surface area (Å²) in [5.41, 5.74) is 7.51. The molecule has 1 aromatic heterocycles. The Labute approximate surface area is 124 Å². The maximum atomic E-state index is 11.1. The second-order valence-corrected chi connectivity index (χ2v) is 4.94. The van der Waals surface area contributed by atoms with Crippen LogP contribution in [-0.4, -0.2) is 30.3 Å². The van der Waals surface area contributed by atoms with Crippen LogP contribution in [0.4, 0.5) is 5.82 Å². The van der Waals surface area contributed by atoms with E-state index in [2.05, 4.69) is 21.0 Å². The number of carbonyl (C=O) groups is 1. The lowest BCUT2D eigenvalue weighted by Gasteiger charge is -2.15. The molecule has 0 spiro atoms. The minimum absolute atomic E-state index is 0.366. The van der Waals surface area contributed by atoms with Gasteiger partial charge in [0.1, 0.15) is 5.82 Å². The highest BCUT2D eigenvalue weighted by molar-refractivity contribution is 9.10. The molecule has 0 bridgehead atoms. The number of rotatable bonds is 4. The van der Waals surface area contributed by atoms with Crippen molar-refractivity contribution in [2.45, 2.75) is 0 Å². The standard InChI is InChI=1S/C13H14BrN3O3/c1-17-10(15)5-9(16-17)11-8(14)4-7(6-18)12(19-2)13(11)20-3/h4-6H,15H2,1-3H3. The summed E-state index contributed by atoms with van der Waals surface area (Å²) in [6.07, 6.45) is 0.711. The predicted octanol–water partition coefficient (Wildman–Crippen LogP) is 2.26. The van der Waals surface area contributed by atoms with Gasteiger partial charge in [0.15, 0.2) is 17.8 Å². The maximum Gasteiger partial charge on any atom is 0.172 e. The Balaban J connectivity index is 2.78. The summed E-state index contributed by atoms with van der Waals surface area (Å²) in [7, 11) is 4.74. The zero-order valence-corrected chi connectivity index (χ0v) is 12.9. The predicted molar refractivity (Wildman–Crippen MR) is 79.2 cm³/mol. The molecule has 0 saturated heterocycles. The molecule has 0 atom stereocenters. The first-order chi connectivity index (χ1) is 9.53. The first-order valence-electron chi connectivity index (χ1n) is 5.73. The van der Waals surface area contributed by atoms with Gasteiger partial charge in [-0.2, -0.15) is 5.10 Å². The number of hydrogen-bond donors (Lipinski definition) is 1. The molecule has 0 amide bonds. The third kappa shape index (κ3) is 2.24. The Hall–Kier alpha value is -2.02. The van der Waals surface area contributed by atoms with E-state index in [-0.39, 0.29) is 0 Å². The number of nitrogens with two attached hydrogens (primary N) is 1.